The van der Waals surface area contributed by atoms with Gasteiger partial charge in [-0.15, -0.1) is 0 Å². The molecule has 0 aromatic heterocycles. The van der Waals surface area contributed by atoms with Crippen molar-refractivity contribution in [3.8, 4) is 5.75 Å². The van der Waals surface area contributed by atoms with Gasteiger partial charge in [-0.2, -0.15) is 0 Å². The molecule has 1 aromatic carbocycles. The topological polar surface area (TPSA) is 44.5 Å². The van der Waals surface area contributed by atoms with Crippen molar-refractivity contribution in [3.05, 3.63) is 29.6 Å². The largest absolute Gasteiger partial charge is 0.487 e. The van der Waals surface area contributed by atoms with Crippen LogP contribution in [-0.2, 0) is 11.2 Å². The highest BCUT2D eigenvalue weighted by Crippen LogP contribution is 2.37. The van der Waals surface area contributed by atoms with Gasteiger partial charge in [0.05, 0.1) is 12.2 Å². The Bertz CT molecular complexity index is 493. The predicted octanol–water partition coefficient (Wildman–Crippen LogP) is 2.66. The van der Waals surface area contributed by atoms with Crippen LogP contribution in [0.3, 0.4) is 0 Å². The number of hydrogen-bond acceptors (Lipinski definition) is 3. The molecule has 2 N–H and O–H groups in total. The van der Waals surface area contributed by atoms with Crippen molar-refractivity contribution in [1.82, 2.24) is 0 Å². The van der Waals surface area contributed by atoms with Gasteiger partial charge in [-0.25, -0.2) is 4.39 Å². The minimum absolute atomic E-state index is 0.0221. The maximum atomic E-state index is 13.2. The molecule has 1 aromatic rings. The van der Waals surface area contributed by atoms with Crippen molar-refractivity contribution in [2.24, 2.45) is 11.7 Å². The van der Waals surface area contributed by atoms with Crippen LogP contribution in [0.2, 0.25) is 0 Å². The van der Waals surface area contributed by atoms with Crippen LogP contribution >= 0.6 is 0 Å². The number of hydrogen-bond donors (Lipinski definition) is 1. The van der Waals surface area contributed by atoms with E-state index in [2.05, 4.69) is 6.92 Å². The Morgan fingerprint density at radius 3 is 3.05 bits per heavy atom. The van der Waals surface area contributed by atoms with Gasteiger partial charge in [0.15, 0.2) is 0 Å². The van der Waals surface area contributed by atoms with E-state index in [-0.39, 0.29) is 17.5 Å². The molecule has 3 atom stereocenters. The molecule has 1 heterocycles. The van der Waals surface area contributed by atoms with Gasteiger partial charge < -0.3 is 15.2 Å². The Hall–Kier alpha value is -1.13. The molecule has 0 spiro atoms. The Morgan fingerprint density at radius 1 is 1.50 bits per heavy atom. The number of benzene rings is 1. The summed E-state index contributed by atoms with van der Waals surface area (Å²) in [6, 6.07) is 4.68. The van der Waals surface area contributed by atoms with Crippen molar-refractivity contribution >= 4 is 0 Å². The molecule has 4 heteroatoms. The fourth-order valence-electron chi connectivity index (χ4n) is 3.38. The van der Waals surface area contributed by atoms with Crippen LogP contribution in [0.1, 0.15) is 31.7 Å². The highest BCUT2D eigenvalue weighted by Gasteiger charge is 2.38. The standard InChI is InChI=1S/C16H22FNO2/c1-11-4-5-16(8-11,10-18)19-9-14-7-12-6-13(17)2-3-15(12)20-14/h2-3,6,11,14H,4-5,7-10,18H2,1H3. The molecule has 1 aliphatic heterocycles. The maximum absolute atomic E-state index is 13.2. The van der Waals surface area contributed by atoms with E-state index in [1.54, 1.807) is 12.1 Å². The summed E-state index contributed by atoms with van der Waals surface area (Å²) in [4.78, 5) is 0. The van der Waals surface area contributed by atoms with Crippen molar-refractivity contribution in [2.45, 2.75) is 44.3 Å². The number of rotatable bonds is 4. The molecule has 0 bridgehead atoms. The fraction of sp³-hybridized carbons (Fsp3) is 0.625. The maximum Gasteiger partial charge on any atom is 0.126 e. The molecule has 1 aliphatic carbocycles. The summed E-state index contributed by atoms with van der Waals surface area (Å²) in [6.07, 6.45) is 3.92. The highest BCUT2D eigenvalue weighted by molar-refractivity contribution is 5.37. The summed E-state index contributed by atoms with van der Waals surface area (Å²) in [6.45, 7) is 3.33. The molecule has 3 rings (SSSR count). The van der Waals surface area contributed by atoms with Crippen LogP contribution in [-0.4, -0.2) is 24.9 Å². The minimum Gasteiger partial charge on any atom is -0.487 e. The van der Waals surface area contributed by atoms with Crippen molar-refractivity contribution in [1.29, 1.82) is 0 Å². The second-order valence-electron chi connectivity index (χ2n) is 6.24. The number of ether oxygens (including phenoxy) is 2. The zero-order valence-electron chi connectivity index (χ0n) is 11.9. The van der Waals surface area contributed by atoms with Gasteiger partial charge in [0, 0.05) is 18.5 Å². The summed E-state index contributed by atoms with van der Waals surface area (Å²) in [5.41, 5.74) is 6.66. The van der Waals surface area contributed by atoms with Gasteiger partial charge in [0.25, 0.3) is 0 Å². The number of fused-ring (bicyclic) bond motifs is 1. The SMILES string of the molecule is CC1CCC(CN)(OCC2Cc3cc(F)ccc3O2)C1. The first-order valence-electron chi connectivity index (χ1n) is 7.39. The van der Waals surface area contributed by atoms with Crippen LogP contribution in [0.4, 0.5) is 4.39 Å². The van der Waals surface area contributed by atoms with E-state index in [0.29, 0.717) is 25.5 Å². The lowest BCUT2D eigenvalue weighted by Gasteiger charge is -2.29. The third-order valence-electron chi connectivity index (χ3n) is 4.52. The zero-order chi connectivity index (χ0) is 14.2. The fourth-order valence-corrected chi connectivity index (χ4v) is 3.38. The van der Waals surface area contributed by atoms with E-state index in [4.69, 9.17) is 15.2 Å². The number of halogens is 1. The highest BCUT2D eigenvalue weighted by atomic mass is 19.1. The number of nitrogens with two attached hydrogens (primary N) is 1. The first kappa shape index (κ1) is 13.8. The van der Waals surface area contributed by atoms with Crippen LogP contribution < -0.4 is 10.5 Å². The molecular formula is C16H22FNO2. The minimum atomic E-state index is -0.211. The average Bonchev–Trinajstić information content (AvgIpc) is 3.00. The van der Waals surface area contributed by atoms with Gasteiger partial charge in [-0.05, 0) is 43.4 Å². The second-order valence-corrected chi connectivity index (χ2v) is 6.24. The molecule has 1 fully saturated rings. The Morgan fingerprint density at radius 2 is 2.35 bits per heavy atom. The molecule has 0 radical (unpaired) electrons. The smallest absolute Gasteiger partial charge is 0.126 e. The van der Waals surface area contributed by atoms with Crippen molar-refractivity contribution in [2.75, 3.05) is 13.2 Å². The summed E-state index contributed by atoms with van der Waals surface area (Å²) in [5, 5.41) is 0. The van der Waals surface area contributed by atoms with Gasteiger partial charge in [0.1, 0.15) is 17.7 Å². The first-order chi connectivity index (χ1) is 9.60. The molecule has 1 saturated carbocycles. The van der Waals surface area contributed by atoms with E-state index in [1.807, 2.05) is 0 Å². The lowest BCUT2D eigenvalue weighted by molar-refractivity contribution is -0.0632. The molecule has 3 unspecified atom stereocenters. The molecule has 20 heavy (non-hydrogen) atoms. The van der Waals surface area contributed by atoms with Gasteiger partial charge in [-0.3, -0.25) is 0 Å². The van der Waals surface area contributed by atoms with Crippen molar-refractivity contribution in [3.63, 3.8) is 0 Å². The van der Waals surface area contributed by atoms with E-state index < -0.39 is 0 Å². The monoisotopic (exact) mass is 279 g/mol. The molecule has 0 saturated heterocycles. The van der Waals surface area contributed by atoms with Crippen LogP contribution in [0.5, 0.6) is 5.75 Å². The van der Waals surface area contributed by atoms with Crippen LogP contribution in [0.25, 0.3) is 0 Å². The third kappa shape index (κ3) is 2.67. The Kier molecular flexibility index (Phi) is 3.69. The Labute approximate surface area is 119 Å². The normalized spacial score (nSPS) is 32.1. The average molecular weight is 279 g/mol. The van der Waals surface area contributed by atoms with E-state index in [9.17, 15) is 4.39 Å². The Balaban J connectivity index is 1.58. The second kappa shape index (κ2) is 5.34. The summed E-state index contributed by atoms with van der Waals surface area (Å²) in [5.74, 6) is 1.24. The molecule has 2 aliphatic rings. The van der Waals surface area contributed by atoms with Crippen molar-refractivity contribution < 1.29 is 13.9 Å². The molecule has 3 nitrogen and oxygen atoms in total. The van der Waals surface area contributed by atoms with Gasteiger partial charge in [-0.1, -0.05) is 6.92 Å². The summed E-state index contributed by atoms with van der Waals surface area (Å²) < 4.78 is 25.1. The van der Waals surface area contributed by atoms with E-state index in [0.717, 1.165) is 24.2 Å². The van der Waals surface area contributed by atoms with Crippen LogP contribution in [0.15, 0.2) is 18.2 Å². The lowest BCUT2D eigenvalue weighted by Crippen LogP contribution is -2.41. The van der Waals surface area contributed by atoms with E-state index in [1.165, 1.54) is 12.5 Å². The zero-order valence-corrected chi connectivity index (χ0v) is 11.9. The van der Waals surface area contributed by atoms with Gasteiger partial charge in [0.2, 0.25) is 0 Å². The summed E-state index contributed by atoms with van der Waals surface area (Å²) in [7, 11) is 0. The lowest BCUT2D eigenvalue weighted by atomic mass is 10.0. The predicted molar refractivity (Wildman–Crippen MR) is 75.3 cm³/mol. The van der Waals surface area contributed by atoms with Gasteiger partial charge >= 0.3 is 0 Å². The quantitative estimate of drug-likeness (QED) is 0.921. The first-order valence-corrected chi connectivity index (χ1v) is 7.39. The van der Waals surface area contributed by atoms with E-state index >= 15 is 0 Å². The summed E-state index contributed by atoms with van der Waals surface area (Å²) >= 11 is 0. The molecule has 110 valence electrons. The van der Waals surface area contributed by atoms with Crippen LogP contribution in [0, 0.1) is 11.7 Å². The molecule has 0 amide bonds. The third-order valence-corrected chi connectivity index (χ3v) is 4.52. The molecular weight excluding hydrogens is 257 g/mol.